The lowest BCUT2D eigenvalue weighted by molar-refractivity contribution is 0.128. The third-order valence-electron chi connectivity index (χ3n) is 6.07. The quantitative estimate of drug-likeness (QED) is 0.185. The maximum absolute atomic E-state index is 13.9. The molecule has 0 saturated carbocycles. The van der Waals surface area contributed by atoms with Crippen LogP contribution < -0.4 is 26.2 Å². The van der Waals surface area contributed by atoms with Gasteiger partial charge in [0.15, 0.2) is 17.4 Å². The first kappa shape index (κ1) is 27.5. The Hall–Kier alpha value is -3.49. The van der Waals surface area contributed by atoms with Gasteiger partial charge in [0, 0.05) is 16.6 Å². The Bertz CT molecular complexity index is 1510. The molecule has 2 N–H and O–H groups in total. The zero-order valence-corrected chi connectivity index (χ0v) is 22.7. The summed E-state index contributed by atoms with van der Waals surface area (Å²) < 4.78 is 33.2. The van der Waals surface area contributed by atoms with Crippen molar-refractivity contribution < 1.29 is 13.5 Å². The third-order valence-corrected chi connectivity index (χ3v) is 6.82. The molecular formula is C30H30F2N2O3S. The molecule has 0 aliphatic heterocycles. The van der Waals surface area contributed by atoms with E-state index < -0.39 is 28.1 Å². The van der Waals surface area contributed by atoms with E-state index >= 15 is 0 Å². The molecule has 0 aromatic heterocycles. The van der Waals surface area contributed by atoms with Crippen molar-refractivity contribution in [2.75, 3.05) is 11.6 Å². The molecule has 8 heteroatoms. The molecule has 0 aliphatic carbocycles. The molecule has 0 radical (unpaired) electrons. The van der Waals surface area contributed by atoms with Gasteiger partial charge >= 0.3 is 0 Å². The van der Waals surface area contributed by atoms with Gasteiger partial charge in [0.25, 0.3) is 10.9 Å². The zero-order chi connectivity index (χ0) is 27.6. The number of halogens is 2. The van der Waals surface area contributed by atoms with Crippen LogP contribution in [0, 0.1) is 11.6 Å². The van der Waals surface area contributed by atoms with E-state index in [0.29, 0.717) is 11.3 Å². The lowest BCUT2D eigenvalue weighted by atomic mass is 9.96. The summed E-state index contributed by atoms with van der Waals surface area (Å²) >= 11 is 1.64. The SMILES string of the molecule is CSc1ccc(C(NC(C)c2ccc(F)c(F)c2)c2cccc(Nc3c(OC(C)(C)C)c(=O)c3=O)c2)cc1. The normalized spacial score (nSPS) is 13.3. The van der Waals surface area contributed by atoms with Gasteiger partial charge < -0.3 is 10.1 Å². The van der Waals surface area contributed by atoms with Gasteiger partial charge in [-0.05, 0) is 87.0 Å². The number of nitrogens with one attached hydrogen (secondary N) is 2. The van der Waals surface area contributed by atoms with Gasteiger partial charge in [-0.2, -0.15) is 0 Å². The van der Waals surface area contributed by atoms with Crippen molar-refractivity contribution in [1.29, 1.82) is 0 Å². The highest BCUT2D eigenvalue weighted by molar-refractivity contribution is 7.98. The van der Waals surface area contributed by atoms with Crippen molar-refractivity contribution >= 4 is 23.1 Å². The maximum Gasteiger partial charge on any atom is 0.272 e. The molecule has 2 unspecified atom stereocenters. The van der Waals surface area contributed by atoms with E-state index in [-0.39, 0.29) is 23.5 Å². The Kier molecular flexibility index (Phi) is 8.04. The van der Waals surface area contributed by atoms with E-state index in [2.05, 4.69) is 10.6 Å². The van der Waals surface area contributed by atoms with Crippen LogP contribution in [-0.2, 0) is 0 Å². The van der Waals surface area contributed by atoms with Crippen molar-refractivity contribution in [3.63, 3.8) is 0 Å². The van der Waals surface area contributed by atoms with Gasteiger partial charge in [-0.3, -0.25) is 14.9 Å². The average Bonchev–Trinajstić information content (AvgIpc) is 2.90. The van der Waals surface area contributed by atoms with Crippen LogP contribution in [-0.4, -0.2) is 11.9 Å². The van der Waals surface area contributed by atoms with Gasteiger partial charge in [0.1, 0.15) is 11.3 Å². The predicted octanol–water partition coefficient (Wildman–Crippen LogP) is 6.64. The van der Waals surface area contributed by atoms with Crippen molar-refractivity contribution in [2.45, 2.75) is 50.3 Å². The number of ether oxygens (including phenoxy) is 1. The molecule has 0 amide bonds. The number of hydrogen-bond acceptors (Lipinski definition) is 6. The molecule has 38 heavy (non-hydrogen) atoms. The van der Waals surface area contributed by atoms with Gasteiger partial charge in [-0.25, -0.2) is 8.78 Å². The number of rotatable bonds is 9. The zero-order valence-electron chi connectivity index (χ0n) is 21.9. The molecule has 4 aromatic rings. The monoisotopic (exact) mass is 536 g/mol. The van der Waals surface area contributed by atoms with Crippen LogP contribution in [0.2, 0.25) is 0 Å². The first-order valence-electron chi connectivity index (χ1n) is 12.2. The number of hydrogen-bond donors (Lipinski definition) is 2. The summed E-state index contributed by atoms with van der Waals surface area (Å²) in [5.74, 6) is -1.76. The summed E-state index contributed by atoms with van der Waals surface area (Å²) in [7, 11) is 0. The molecule has 2 atom stereocenters. The summed E-state index contributed by atoms with van der Waals surface area (Å²) in [5.41, 5.74) is 1.30. The first-order chi connectivity index (χ1) is 18.0. The molecule has 4 aromatic carbocycles. The summed E-state index contributed by atoms with van der Waals surface area (Å²) in [4.78, 5) is 25.5. The Morgan fingerprint density at radius 3 is 2.16 bits per heavy atom. The number of thioether (sulfide) groups is 1. The number of anilines is 2. The van der Waals surface area contributed by atoms with E-state index in [1.807, 2.05) is 55.6 Å². The van der Waals surface area contributed by atoms with Crippen LogP contribution in [0.25, 0.3) is 0 Å². The summed E-state index contributed by atoms with van der Waals surface area (Å²) in [6, 6.07) is 18.8. The van der Waals surface area contributed by atoms with Crippen LogP contribution in [0.5, 0.6) is 5.75 Å². The minimum Gasteiger partial charge on any atom is -0.482 e. The third kappa shape index (κ3) is 6.14. The van der Waals surface area contributed by atoms with Crippen LogP contribution in [0.15, 0.2) is 81.2 Å². The molecule has 0 saturated heterocycles. The molecule has 0 bridgehead atoms. The molecule has 4 rings (SSSR count). The summed E-state index contributed by atoms with van der Waals surface area (Å²) in [6.07, 6.45) is 2.00. The minimum absolute atomic E-state index is 0.0298. The van der Waals surface area contributed by atoms with Crippen molar-refractivity contribution in [3.05, 3.63) is 116 Å². The molecule has 5 nitrogen and oxygen atoms in total. The van der Waals surface area contributed by atoms with E-state index in [1.165, 1.54) is 6.07 Å². The van der Waals surface area contributed by atoms with Crippen molar-refractivity contribution in [3.8, 4) is 5.75 Å². The lowest BCUT2D eigenvalue weighted by Gasteiger charge is -2.26. The smallest absolute Gasteiger partial charge is 0.272 e. The topological polar surface area (TPSA) is 67.4 Å². The number of benzene rings is 3. The highest BCUT2D eigenvalue weighted by atomic mass is 32.2. The fourth-order valence-electron chi connectivity index (χ4n) is 4.14. The van der Waals surface area contributed by atoms with Crippen LogP contribution in [0.4, 0.5) is 20.2 Å². The second-order valence-electron chi connectivity index (χ2n) is 10.1. The summed E-state index contributed by atoms with van der Waals surface area (Å²) in [5, 5.41) is 6.59. The van der Waals surface area contributed by atoms with Crippen molar-refractivity contribution in [1.82, 2.24) is 5.32 Å². The highest BCUT2D eigenvalue weighted by Gasteiger charge is 2.27. The highest BCUT2D eigenvalue weighted by Crippen LogP contribution is 2.31. The van der Waals surface area contributed by atoms with Gasteiger partial charge in [-0.15, -0.1) is 11.8 Å². The Morgan fingerprint density at radius 1 is 0.842 bits per heavy atom. The summed E-state index contributed by atoms with van der Waals surface area (Å²) in [6.45, 7) is 7.31. The van der Waals surface area contributed by atoms with Gasteiger partial charge in [-0.1, -0.05) is 30.3 Å². The maximum atomic E-state index is 13.9. The van der Waals surface area contributed by atoms with Crippen LogP contribution in [0.1, 0.15) is 56.5 Å². The Labute approximate surface area is 224 Å². The van der Waals surface area contributed by atoms with E-state index in [4.69, 9.17) is 4.74 Å². The van der Waals surface area contributed by atoms with Crippen molar-refractivity contribution in [2.24, 2.45) is 0 Å². The largest absolute Gasteiger partial charge is 0.482 e. The predicted molar refractivity (Wildman–Crippen MR) is 149 cm³/mol. The molecular weight excluding hydrogens is 506 g/mol. The molecule has 0 aliphatic rings. The van der Waals surface area contributed by atoms with Crippen LogP contribution >= 0.6 is 11.8 Å². The van der Waals surface area contributed by atoms with E-state index in [9.17, 15) is 18.4 Å². The first-order valence-corrected chi connectivity index (χ1v) is 13.4. The fourth-order valence-corrected chi connectivity index (χ4v) is 4.55. The molecule has 0 fully saturated rings. The fraction of sp³-hybridized carbons (Fsp3) is 0.267. The van der Waals surface area contributed by atoms with E-state index in [1.54, 1.807) is 44.7 Å². The molecule has 198 valence electrons. The van der Waals surface area contributed by atoms with Gasteiger partial charge in [0.2, 0.25) is 0 Å². The second kappa shape index (κ2) is 11.1. The van der Waals surface area contributed by atoms with E-state index in [0.717, 1.165) is 22.1 Å². The average molecular weight is 537 g/mol. The standard InChI is InChI=1S/C30H30F2N2O3S/c1-17(19-11-14-23(31)24(32)16-19)33-25(18-9-12-22(38-5)13-10-18)20-7-6-8-21(15-20)34-26-27(35)28(36)29(26)37-30(2,3)4/h6-17,25,33-34H,1-5H3. The Morgan fingerprint density at radius 2 is 1.53 bits per heavy atom. The minimum atomic E-state index is -0.899. The second-order valence-corrected chi connectivity index (χ2v) is 11.0. The molecule has 0 heterocycles. The Balaban J connectivity index is 1.67. The van der Waals surface area contributed by atoms with Crippen LogP contribution in [0.3, 0.4) is 0 Å². The van der Waals surface area contributed by atoms with Gasteiger partial charge in [0.05, 0.1) is 6.04 Å². The molecule has 0 spiro atoms. The lowest BCUT2D eigenvalue weighted by Crippen LogP contribution is -2.39.